The van der Waals surface area contributed by atoms with E-state index in [4.69, 9.17) is 15.7 Å². The predicted molar refractivity (Wildman–Crippen MR) is 54.0 cm³/mol. The number of nitrogens with zero attached hydrogens (tertiary/aromatic N) is 1. The molecule has 0 radical (unpaired) electrons. The first-order valence-corrected chi connectivity index (χ1v) is 4.94. The van der Waals surface area contributed by atoms with Gasteiger partial charge in [-0.15, -0.1) is 0 Å². The Morgan fingerprint density at radius 3 is 2.77 bits per heavy atom. The van der Waals surface area contributed by atoms with Crippen LogP contribution in [-0.2, 0) is 0 Å². The molecule has 0 amide bonds. The molecule has 1 heterocycles. The van der Waals surface area contributed by atoms with Crippen LogP contribution < -0.4 is 10.5 Å². The van der Waals surface area contributed by atoms with Gasteiger partial charge in [0.25, 0.3) is 0 Å². The van der Waals surface area contributed by atoms with Gasteiger partial charge in [-0.1, -0.05) is 18.3 Å². The van der Waals surface area contributed by atoms with Gasteiger partial charge in [0, 0.05) is 5.56 Å². The van der Waals surface area contributed by atoms with Crippen LogP contribution >= 0.6 is 11.3 Å². The van der Waals surface area contributed by atoms with Crippen molar-refractivity contribution < 1.29 is 4.74 Å². The van der Waals surface area contributed by atoms with Crippen LogP contribution in [0.5, 0.6) is 5.06 Å². The number of thiophene rings is 1. The molecular formula is C9H12N2OS. The van der Waals surface area contributed by atoms with Crippen LogP contribution in [0.4, 0.5) is 5.00 Å². The molecular weight excluding hydrogens is 184 g/mol. The highest BCUT2D eigenvalue weighted by molar-refractivity contribution is 7.18. The molecule has 0 spiro atoms. The fourth-order valence-corrected chi connectivity index (χ4v) is 1.88. The Hall–Kier alpha value is -1.21. The average molecular weight is 196 g/mol. The first kappa shape index (κ1) is 9.87. The number of hydrogen-bond donors (Lipinski definition) is 1. The highest BCUT2D eigenvalue weighted by Crippen LogP contribution is 2.36. The second kappa shape index (κ2) is 4.15. The van der Waals surface area contributed by atoms with E-state index in [1.54, 1.807) is 0 Å². The molecule has 1 aromatic rings. The first-order valence-electron chi connectivity index (χ1n) is 4.12. The van der Waals surface area contributed by atoms with Crippen molar-refractivity contribution in [2.24, 2.45) is 0 Å². The number of rotatable bonds is 3. The Balaban J connectivity index is 2.92. The van der Waals surface area contributed by atoms with E-state index in [1.165, 1.54) is 11.3 Å². The van der Waals surface area contributed by atoms with Crippen molar-refractivity contribution in [1.82, 2.24) is 0 Å². The van der Waals surface area contributed by atoms with Crippen molar-refractivity contribution in [1.29, 1.82) is 5.26 Å². The van der Waals surface area contributed by atoms with Gasteiger partial charge >= 0.3 is 0 Å². The van der Waals surface area contributed by atoms with Crippen LogP contribution in [0.3, 0.4) is 0 Å². The fraction of sp³-hybridized carbons (Fsp3) is 0.444. The molecule has 0 saturated carbocycles. The van der Waals surface area contributed by atoms with Gasteiger partial charge in [0.1, 0.15) is 11.1 Å². The van der Waals surface area contributed by atoms with Crippen LogP contribution in [0, 0.1) is 18.3 Å². The Bertz CT molecular complexity index is 338. The van der Waals surface area contributed by atoms with Crippen LogP contribution in [0.2, 0.25) is 0 Å². The predicted octanol–water partition coefficient (Wildman–Crippen LogP) is 2.30. The molecule has 4 heteroatoms. The van der Waals surface area contributed by atoms with E-state index in [0.29, 0.717) is 17.2 Å². The van der Waals surface area contributed by atoms with E-state index < -0.39 is 0 Å². The second-order valence-corrected chi connectivity index (χ2v) is 3.73. The molecule has 70 valence electrons. The van der Waals surface area contributed by atoms with Gasteiger partial charge in [0.2, 0.25) is 0 Å². The molecule has 1 aromatic heterocycles. The van der Waals surface area contributed by atoms with E-state index in [2.05, 4.69) is 6.07 Å². The number of nitriles is 1. The van der Waals surface area contributed by atoms with Crippen molar-refractivity contribution in [3.05, 3.63) is 11.1 Å². The molecule has 0 fully saturated rings. The lowest BCUT2D eigenvalue weighted by Crippen LogP contribution is -1.94. The molecule has 0 bridgehead atoms. The molecule has 0 atom stereocenters. The molecule has 2 N–H and O–H groups in total. The maximum Gasteiger partial charge on any atom is 0.179 e. The van der Waals surface area contributed by atoms with Crippen molar-refractivity contribution in [2.45, 2.75) is 20.3 Å². The van der Waals surface area contributed by atoms with Crippen molar-refractivity contribution in [3.8, 4) is 11.1 Å². The number of anilines is 1. The molecule has 0 aliphatic heterocycles. The summed E-state index contributed by atoms with van der Waals surface area (Å²) in [6.45, 7) is 4.57. The van der Waals surface area contributed by atoms with E-state index >= 15 is 0 Å². The number of ether oxygens (including phenoxy) is 1. The van der Waals surface area contributed by atoms with Gasteiger partial charge in [0.15, 0.2) is 5.06 Å². The third kappa shape index (κ3) is 1.93. The van der Waals surface area contributed by atoms with E-state index in [-0.39, 0.29) is 0 Å². The molecule has 3 nitrogen and oxygen atoms in total. The zero-order valence-corrected chi connectivity index (χ0v) is 8.57. The molecule has 0 aliphatic carbocycles. The zero-order chi connectivity index (χ0) is 9.84. The summed E-state index contributed by atoms with van der Waals surface area (Å²) >= 11 is 1.34. The van der Waals surface area contributed by atoms with Gasteiger partial charge in [-0.3, -0.25) is 0 Å². The summed E-state index contributed by atoms with van der Waals surface area (Å²) in [5.74, 6) is 0. The van der Waals surface area contributed by atoms with Crippen LogP contribution in [0.15, 0.2) is 0 Å². The summed E-state index contributed by atoms with van der Waals surface area (Å²) in [5.41, 5.74) is 7.05. The fourth-order valence-electron chi connectivity index (χ4n) is 0.986. The summed E-state index contributed by atoms with van der Waals surface area (Å²) in [5, 5.41) is 10.1. The number of hydrogen-bond acceptors (Lipinski definition) is 4. The third-order valence-electron chi connectivity index (χ3n) is 1.68. The summed E-state index contributed by atoms with van der Waals surface area (Å²) in [6, 6.07) is 2.07. The topological polar surface area (TPSA) is 59.0 Å². The van der Waals surface area contributed by atoms with Gasteiger partial charge < -0.3 is 10.5 Å². The second-order valence-electron chi connectivity index (χ2n) is 2.71. The Morgan fingerprint density at radius 2 is 2.31 bits per heavy atom. The minimum atomic E-state index is 0.547. The van der Waals surface area contributed by atoms with Gasteiger partial charge in [-0.25, -0.2) is 0 Å². The molecule has 1 rings (SSSR count). The smallest absolute Gasteiger partial charge is 0.179 e. The average Bonchev–Trinajstić information content (AvgIpc) is 2.38. The van der Waals surface area contributed by atoms with Gasteiger partial charge in [0.05, 0.1) is 12.2 Å². The standard InChI is InChI=1S/C9H12N2OS/c1-3-4-12-9-6(2)7(5-10)8(11)13-9/h3-4,11H2,1-2H3. The maximum atomic E-state index is 8.76. The minimum absolute atomic E-state index is 0.547. The molecule has 0 aromatic carbocycles. The monoisotopic (exact) mass is 196 g/mol. The van der Waals surface area contributed by atoms with Crippen LogP contribution in [-0.4, -0.2) is 6.61 Å². The van der Waals surface area contributed by atoms with Gasteiger partial charge in [-0.05, 0) is 13.3 Å². The largest absolute Gasteiger partial charge is 0.484 e. The van der Waals surface area contributed by atoms with Crippen LogP contribution in [0.25, 0.3) is 0 Å². The quantitative estimate of drug-likeness (QED) is 0.807. The molecule has 0 saturated heterocycles. The SMILES string of the molecule is CCCOc1sc(N)c(C#N)c1C. The minimum Gasteiger partial charge on any atom is -0.484 e. The Kier molecular flexibility index (Phi) is 3.15. The highest BCUT2D eigenvalue weighted by Gasteiger charge is 2.12. The van der Waals surface area contributed by atoms with Crippen molar-refractivity contribution in [3.63, 3.8) is 0 Å². The number of nitrogens with two attached hydrogens (primary N) is 1. The Morgan fingerprint density at radius 1 is 1.62 bits per heavy atom. The normalized spacial score (nSPS) is 9.62. The van der Waals surface area contributed by atoms with E-state index in [0.717, 1.165) is 17.0 Å². The van der Waals surface area contributed by atoms with E-state index in [1.807, 2.05) is 13.8 Å². The lowest BCUT2D eigenvalue weighted by Gasteiger charge is -2.00. The molecule has 0 aliphatic rings. The lowest BCUT2D eigenvalue weighted by atomic mass is 10.2. The molecule has 0 unspecified atom stereocenters. The maximum absolute atomic E-state index is 8.76. The Labute approximate surface area is 81.7 Å². The van der Waals surface area contributed by atoms with Crippen molar-refractivity contribution in [2.75, 3.05) is 12.3 Å². The zero-order valence-electron chi connectivity index (χ0n) is 7.76. The summed E-state index contributed by atoms with van der Waals surface area (Å²) in [6.07, 6.45) is 0.957. The van der Waals surface area contributed by atoms with Gasteiger partial charge in [-0.2, -0.15) is 5.26 Å². The molecule has 13 heavy (non-hydrogen) atoms. The summed E-state index contributed by atoms with van der Waals surface area (Å²) < 4.78 is 5.44. The third-order valence-corrected chi connectivity index (χ3v) is 2.71. The first-order chi connectivity index (χ1) is 6.20. The highest BCUT2D eigenvalue weighted by atomic mass is 32.1. The number of nitrogen functional groups attached to an aromatic ring is 1. The van der Waals surface area contributed by atoms with E-state index in [9.17, 15) is 0 Å². The van der Waals surface area contributed by atoms with Crippen LogP contribution in [0.1, 0.15) is 24.5 Å². The lowest BCUT2D eigenvalue weighted by molar-refractivity contribution is 0.325. The summed E-state index contributed by atoms with van der Waals surface area (Å²) in [4.78, 5) is 0. The summed E-state index contributed by atoms with van der Waals surface area (Å²) in [7, 11) is 0. The van der Waals surface area contributed by atoms with Crippen molar-refractivity contribution >= 4 is 16.3 Å².